The number of nitrogens with zero attached hydrogens (tertiary/aromatic N) is 1. The second-order valence-electron chi connectivity index (χ2n) is 8.31. The molecule has 2 amide bonds. The summed E-state index contributed by atoms with van der Waals surface area (Å²) in [5, 5.41) is 20.3. The van der Waals surface area contributed by atoms with Crippen molar-refractivity contribution in [2.24, 2.45) is 0 Å². The van der Waals surface area contributed by atoms with E-state index in [-0.39, 0.29) is 29.6 Å². The van der Waals surface area contributed by atoms with Gasteiger partial charge in [-0.25, -0.2) is 13.1 Å². The molecule has 0 spiro atoms. The van der Waals surface area contributed by atoms with Crippen LogP contribution in [0.3, 0.4) is 0 Å². The zero-order valence-corrected chi connectivity index (χ0v) is 20.9. The lowest BCUT2D eigenvalue weighted by atomic mass is 10.1. The summed E-state index contributed by atoms with van der Waals surface area (Å²) in [5.74, 6) is -1.50. The number of nitro benzene ring substituents is 1. The van der Waals surface area contributed by atoms with Crippen molar-refractivity contribution in [3.8, 4) is 0 Å². The first-order valence-electron chi connectivity index (χ1n) is 11.6. The van der Waals surface area contributed by atoms with Gasteiger partial charge >= 0.3 is 0 Å². The van der Waals surface area contributed by atoms with E-state index in [0.717, 1.165) is 18.7 Å². The fourth-order valence-corrected chi connectivity index (χ4v) is 4.75. The van der Waals surface area contributed by atoms with E-state index in [2.05, 4.69) is 16.0 Å². The topological polar surface area (TPSA) is 169 Å². The first kappa shape index (κ1) is 26.7. The Morgan fingerprint density at radius 3 is 2.45 bits per heavy atom. The van der Waals surface area contributed by atoms with Gasteiger partial charge in [-0.05, 0) is 36.4 Å². The Hall–Kier alpha value is -4.33. The van der Waals surface area contributed by atoms with Crippen molar-refractivity contribution in [3.63, 3.8) is 0 Å². The number of amides is 2. The molecule has 1 atom stereocenters. The molecule has 1 unspecified atom stereocenters. The van der Waals surface area contributed by atoms with E-state index in [9.17, 15) is 28.1 Å². The summed E-state index contributed by atoms with van der Waals surface area (Å²) in [6.07, 6.45) is -0.200. The van der Waals surface area contributed by atoms with Gasteiger partial charge in [-0.2, -0.15) is 0 Å². The molecule has 0 bridgehead atoms. The van der Waals surface area contributed by atoms with Gasteiger partial charge in [0.05, 0.1) is 33.8 Å². The van der Waals surface area contributed by atoms with E-state index < -0.39 is 37.3 Å². The third kappa shape index (κ3) is 6.51. The predicted octanol–water partition coefficient (Wildman–Crippen LogP) is 2.37. The fourth-order valence-electron chi connectivity index (χ4n) is 3.76. The van der Waals surface area contributed by atoms with Gasteiger partial charge in [-0.15, -0.1) is 0 Å². The Bertz CT molecular complexity index is 1440. The maximum Gasteiger partial charge on any atom is 0.293 e. The molecular formula is C25H25N5O7S. The number of morpholine rings is 1. The van der Waals surface area contributed by atoms with Crippen LogP contribution in [-0.4, -0.2) is 57.5 Å². The first-order valence-corrected chi connectivity index (χ1v) is 13.1. The van der Waals surface area contributed by atoms with Gasteiger partial charge in [-0.1, -0.05) is 30.3 Å². The SMILES string of the molecule is O=C(Nc1ccccc1C(=O)NS(=O)(=O)c1ccc(NCC2CNCCO2)c([N+](=O)[O-])c1)c1ccccc1. The molecule has 1 heterocycles. The number of para-hydroxylation sites is 1. The minimum atomic E-state index is -4.49. The molecule has 38 heavy (non-hydrogen) atoms. The van der Waals surface area contributed by atoms with Crippen LogP contribution < -0.4 is 20.7 Å². The zero-order chi connectivity index (χ0) is 27.1. The van der Waals surface area contributed by atoms with Crippen molar-refractivity contribution in [1.29, 1.82) is 0 Å². The normalized spacial score (nSPS) is 15.3. The van der Waals surface area contributed by atoms with E-state index in [4.69, 9.17) is 4.74 Å². The highest BCUT2D eigenvalue weighted by atomic mass is 32.2. The van der Waals surface area contributed by atoms with Crippen LogP contribution in [0.5, 0.6) is 0 Å². The standard InChI is InChI=1S/C25H25N5O7S/c31-24(17-6-2-1-3-7-17)28-21-9-5-4-8-20(21)25(32)29-38(35,36)19-10-11-22(23(14-19)30(33)34)27-16-18-15-26-12-13-37-18/h1-11,14,18,26-27H,12-13,15-16H2,(H,28,31)(H,29,32). The Balaban J connectivity index is 1.51. The van der Waals surface area contributed by atoms with Crippen LogP contribution in [0.4, 0.5) is 17.1 Å². The van der Waals surface area contributed by atoms with Crippen LogP contribution in [0.15, 0.2) is 77.7 Å². The van der Waals surface area contributed by atoms with E-state index in [0.29, 0.717) is 18.7 Å². The summed E-state index contributed by atoms with van der Waals surface area (Å²) >= 11 is 0. The summed E-state index contributed by atoms with van der Waals surface area (Å²) < 4.78 is 33.4. The van der Waals surface area contributed by atoms with Gasteiger partial charge in [0.25, 0.3) is 27.5 Å². The van der Waals surface area contributed by atoms with Crippen LogP contribution >= 0.6 is 0 Å². The van der Waals surface area contributed by atoms with Crippen LogP contribution in [0.2, 0.25) is 0 Å². The average molecular weight is 540 g/mol. The van der Waals surface area contributed by atoms with Gasteiger partial charge in [0.1, 0.15) is 5.69 Å². The number of hydrogen-bond donors (Lipinski definition) is 4. The van der Waals surface area contributed by atoms with Crippen LogP contribution in [-0.2, 0) is 14.8 Å². The number of hydrogen-bond acceptors (Lipinski definition) is 9. The van der Waals surface area contributed by atoms with Crippen molar-refractivity contribution >= 4 is 38.9 Å². The largest absolute Gasteiger partial charge is 0.377 e. The Labute approximate surface area is 218 Å². The maximum atomic E-state index is 13.0. The van der Waals surface area contributed by atoms with E-state index >= 15 is 0 Å². The number of ether oxygens (including phenoxy) is 1. The molecule has 0 radical (unpaired) electrons. The molecule has 0 saturated carbocycles. The van der Waals surface area contributed by atoms with Gasteiger partial charge in [0.15, 0.2) is 0 Å². The summed E-state index contributed by atoms with van der Waals surface area (Å²) in [6.45, 7) is 2.10. The van der Waals surface area contributed by atoms with Crippen molar-refractivity contribution in [2.45, 2.75) is 11.0 Å². The van der Waals surface area contributed by atoms with Crippen molar-refractivity contribution in [1.82, 2.24) is 10.0 Å². The highest BCUT2D eigenvalue weighted by molar-refractivity contribution is 7.90. The Morgan fingerprint density at radius 2 is 1.74 bits per heavy atom. The second-order valence-corrected chi connectivity index (χ2v) is 10.00. The molecule has 1 aliphatic rings. The highest BCUT2D eigenvalue weighted by Gasteiger charge is 2.25. The molecule has 0 aliphatic carbocycles. The molecule has 1 aliphatic heterocycles. The fraction of sp³-hybridized carbons (Fsp3) is 0.200. The van der Waals surface area contributed by atoms with Crippen LogP contribution in [0.25, 0.3) is 0 Å². The Kier molecular flexibility index (Phi) is 8.31. The average Bonchev–Trinajstić information content (AvgIpc) is 2.92. The summed E-state index contributed by atoms with van der Waals surface area (Å²) in [6, 6.07) is 17.5. The number of carbonyl (C=O) groups is 2. The number of nitrogens with one attached hydrogen (secondary N) is 4. The summed E-state index contributed by atoms with van der Waals surface area (Å²) in [7, 11) is -4.49. The van der Waals surface area contributed by atoms with Crippen molar-refractivity contribution in [2.75, 3.05) is 36.9 Å². The lowest BCUT2D eigenvalue weighted by Gasteiger charge is -2.24. The minimum Gasteiger partial charge on any atom is -0.377 e. The van der Waals surface area contributed by atoms with Gasteiger partial charge in [0.2, 0.25) is 0 Å². The third-order valence-corrected chi connectivity index (χ3v) is 7.01. The van der Waals surface area contributed by atoms with Gasteiger partial charge in [-0.3, -0.25) is 19.7 Å². The minimum absolute atomic E-state index is 0.0963. The van der Waals surface area contributed by atoms with E-state index in [1.165, 1.54) is 24.3 Å². The molecule has 13 heteroatoms. The summed E-state index contributed by atoms with van der Waals surface area (Å²) in [4.78, 5) is 35.9. The Morgan fingerprint density at radius 1 is 1.00 bits per heavy atom. The molecule has 0 aromatic heterocycles. The number of rotatable bonds is 9. The molecule has 4 N–H and O–H groups in total. The monoisotopic (exact) mass is 539 g/mol. The number of carbonyl (C=O) groups excluding carboxylic acids is 2. The quantitative estimate of drug-likeness (QED) is 0.236. The molecule has 1 fully saturated rings. The lowest BCUT2D eigenvalue weighted by Crippen LogP contribution is -2.42. The number of benzene rings is 3. The smallest absolute Gasteiger partial charge is 0.293 e. The molecular weight excluding hydrogens is 514 g/mol. The molecule has 198 valence electrons. The molecule has 1 saturated heterocycles. The number of anilines is 2. The predicted molar refractivity (Wildman–Crippen MR) is 140 cm³/mol. The molecule has 4 rings (SSSR count). The number of sulfonamides is 1. The van der Waals surface area contributed by atoms with E-state index in [1.807, 2.05) is 4.72 Å². The van der Waals surface area contributed by atoms with Crippen LogP contribution in [0, 0.1) is 10.1 Å². The summed E-state index contributed by atoms with van der Waals surface area (Å²) in [5.41, 5.74) is -0.0149. The maximum absolute atomic E-state index is 13.0. The highest BCUT2D eigenvalue weighted by Crippen LogP contribution is 2.28. The lowest BCUT2D eigenvalue weighted by molar-refractivity contribution is -0.384. The third-order valence-electron chi connectivity index (χ3n) is 5.68. The first-order chi connectivity index (χ1) is 18.2. The van der Waals surface area contributed by atoms with Crippen molar-refractivity contribution < 1.29 is 27.7 Å². The van der Waals surface area contributed by atoms with Gasteiger partial charge in [0, 0.05) is 31.3 Å². The van der Waals surface area contributed by atoms with E-state index in [1.54, 1.807) is 36.4 Å². The van der Waals surface area contributed by atoms with Crippen LogP contribution in [0.1, 0.15) is 20.7 Å². The molecule has 3 aromatic carbocycles. The zero-order valence-electron chi connectivity index (χ0n) is 20.0. The number of nitro groups is 1. The van der Waals surface area contributed by atoms with Crippen molar-refractivity contribution in [3.05, 3.63) is 94.0 Å². The second kappa shape index (κ2) is 11.8. The van der Waals surface area contributed by atoms with Gasteiger partial charge < -0.3 is 20.7 Å². The molecule has 12 nitrogen and oxygen atoms in total. The molecule has 3 aromatic rings.